The van der Waals surface area contributed by atoms with Crippen LogP contribution in [0.1, 0.15) is 17.7 Å². The fourth-order valence-electron chi connectivity index (χ4n) is 2.63. The second-order valence-electron chi connectivity index (χ2n) is 5.94. The van der Waals surface area contributed by atoms with Gasteiger partial charge in [-0.3, -0.25) is 9.69 Å². The standard InChI is InChI=1S/C15H22BrN3OS/c16-14-4-3-13(21-14)11-18-5-7-19(8-6-18)15(20)10-17-9-12-1-2-12/h3-4,12,17H,1-2,5-11H2. The van der Waals surface area contributed by atoms with Crippen molar-refractivity contribution >= 4 is 33.2 Å². The molecule has 0 radical (unpaired) electrons. The molecule has 1 saturated carbocycles. The number of carbonyl (C=O) groups excluding carboxylic acids is 1. The predicted molar refractivity (Wildman–Crippen MR) is 89.5 cm³/mol. The first kappa shape index (κ1) is 15.5. The first-order chi connectivity index (χ1) is 10.2. The van der Waals surface area contributed by atoms with Crippen LogP contribution in [0.25, 0.3) is 0 Å². The Labute approximate surface area is 138 Å². The molecule has 1 aromatic rings. The van der Waals surface area contributed by atoms with Crippen molar-refractivity contribution in [2.24, 2.45) is 5.92 Å². The molecule has 0 unspecified atom stereocenters. The van der Waals surface area contributed by atoms with Gasteiger partial charge in [0.2, 0.25) is 5.91 Å². The maximum Gasteiger partial charge on any atom is 0.236 e. The van der Waals surface area contributed by atoms with Crippen LogP contribution in [0.2, 0.25) is 0 Å². The van der Waals surface area contributed by atoms with E-state index in [0.717, 1.165) is 45.2 Å². The first-order valence-corrected chi connectivity index (χ1v) is 9.27. The molecule has 1 N–H and O–H groups in total. The van der Waals surface area contributed by atoms with E-state index in [2.05, 4.69) is 38.3 Å². The number of thiophene rings is 1. The van der Waals surface area contributed by atoms with Crippen LogP contribution in [0.5, 0.6) is 0 Å². The second-order valence-corrected chi connectivity index (χ2v) is 8.48. The molecule has 1 aliphatic heterocycles. The molecule has 1 aliphatic carbocycles. The molecule has 1 amide bonds. The van der Waals surface area contributed by atoms with Crippen LogP contribution < -0.4 is 5.32 Å². The van der Waals surface area contributed by atoms with Gasteiger partial charge in [-0.1, -0.05) is 0 Å². The summed E-state index contributed by atoms with van der Waals surface area (Å²) >= 11 is 5.30. The Hall–Kier alpha value is -0.430. The SMILES string of the molecule is O=C(CNCC1CC1)N1CCN(Cc2ccc(Br)s2)CC1. The van der Waals surface area contributed by atoms with E-state index in [0.29, 0.717) is 6.54 Å². The molecule has 2 aliphatic rings. The zero-order chi connectivity index (χ0) is 14.7. The zero-order valence-corrected chi connectivity index (χ0v) is 14.6. The third-order valence-corrected chi connectivity index (χ3v) is 5.75. The van der Waals surface area contributed by atoms with Gasteiger partial charge in [0.1, 0.15) is 0 Å². The van der Waals surface area contributed by atoms with Gasteiger partial charge in [-0.05, 0) is 53.4 Å². The molecule has 0 bridgehead atoms. The van der Waals surface area contributed by atoms with Crippen LogP contribution >= 0.6 is 27.3 Å². The molecule has 4 nitrogen and oxygen atoms in total. The number of halogens is 1. The first-order valence-electron chi connectivity index (χ1n) is 7.66. The Morgan fingerprint density at radius 2 is 2.05 bits per heavy atom. The lowest BCUT2D eigenvalue weighted by molar-refractivity contribution is -0.132. The Morgan fingerprint density at radius 1 is 1.29 bits per heavy atom. The maximum atomic E-state index is 12.1. The summed E-state index contributed by atoms with van der Waals surface area (Å²) < 4.78 is 1.19. The highest BCUT2D eigenvalue weighted by molar-refractivity contribution is 9.11. The van der Waals surface area contributed by atoms with Crippen molar-refractivity contribution in [2.75, 3.05) is 39.3 Å². The quantitative estimate of drug-likeness (QED) is 0.831. The molecule has 0 aromatic carbocycles. The fourth-order valence-corrected chi connectivity index (χ4v) is 4.16. The van der Waals surface area contributed by atoms with E-state index in [1.807, 2.05) is 4.90 Å². The van der Waals surface area contributed by atoms with Gasteiger partial charge in [0.25, 0.3) is 0 Å². The van der Waals surface area contributed by atoms with E-state index in [1.54, 1.807) is 11.3 Å². The number of nitrogens with one attached hydrogen (secondary N) is 1. The number of amides is 1. The number of carbonyl (C=O) groups is 1. The highest BCUT2D eigenvalue weighted by atomic mass is 79.9. The van der Waals surface area contributed by atoms with Gasteiger partial charge in [-0.2, -0.15) is 0 Å². The van der Waals surface area contributed by atoms with E-state index in [4.69, 9.17) is 0 Å². The molecule has 21 heavy (non-hydrogen) atoms. The van der Waals surface area contributed by atoms with Gasteiger partial charge < -0.3 is 10.2 Å². The van der Waals surface area contributed by atoms with Crippen molar-refractivity contribution in [3.05, 3.63) is 20.8 Å². The van der Waals surface area contributed by atoms with Crippen molar-refractivity contribution < 1.29 is 4.79 Å². The molecular weight excluding hydrogens is 350 g/mol. The van der Waals surface area contributed by atoms with Crippen molar-refractivity contribution in [3.63, 3.8) is 0 Å². The summed E-state index contributed by atoms with van der Waals surface area (Å²) in [7, 11) is 0. The lowest BCUT2D eigenvalue weighted by Crippen LogP contribution is -2.50. The Balaban J connectivity index is 1.36. The molecule has 6 heteroatoms. The van der Waals surface area contributed by atoms with E-state index < -0.39 is 0 Å². The predicted octanol–water partition coefficient (Wildman–Crippen LogP) is 2.15. The van der Waals surface area contributed by atoms with Crippen LogP contribution in [0.3, 0.4) is 0 Å². The van der Waals surface area contributed by atoms with Crippen LogP contribution in [0.15, 0.2) is 15.9 Å². The highest BCUT2D eigenvalue weighted by Gasteiger charge is 2.23. The zero-order valence-electron chi connectivity index (χ0n) is 12.2. The Bertz CT molecular complexity index is 481. The van der Waals surface area contributed by atoms with Crippen LogP contribution in [-0.2, 0) is 11.3 Å². The van der Waals surface area contributed by atoms with E-state index in [1.165, 1.54) is 21.5 Å². The lowest BCUT2D eigenvalue weighted by Gasteiger charge is -2.34. The fraction of sp³-hybridized carbons (Fsp3) is 0.667. The maximum absolute atomic E-state index is 12.1. The molecule has 0 atom stereocenters. The molecule has 2 heterocycles. The smallest absolute Gasteiger partial charge is 0.236 e. The van der Waals surface area contributed by atoms with E-state index in [9.17, 15) is 4.79 Å². The van der Waals surface area contributed by atoms with Gasteiger partial charge >= 0.3 is 0 Å². The minimum atomic E-state index is 0.258. The summed E-state index contributed by atoms with van der Waals surface area (Å²) in [5.74, 6) is 1.09. The van der Waals surface area contributed by atoms with Gasteiger partial charge in [-0.15, -0.1) is 11.3 Å². The topological polar surface area (TPSA) is 35.6 Å². The molecule has 2 fully saturated rings. The lowest BCUT2D eigenvalue weighted by atomic mass is 10.3. The number of nitrogens with zero attached hydrogens (tertiary/aromatic N) is 2. The van der Waals surface area contributed by atoms with Gasteiger partial charge in [0.05, 0.1) is 10.3 Å². The summed E-state index contributed by atoms with van der Waals surface area (Å²) in [6, 6.07) is 4.28. The average molecular weight is 372 g/mol. The number of hydrogen-bond acceptors (Lipinski definition) is 4. The third-order valence-electron chi connectivity index (χ3n) is 4.14. The van der Waals surface area contributed by atoms with Crippen molar-refractivity contribution in [1.82, 2.24) is 15.1 Å². The molecule has 1 saturated heterocycles. The van der Waals surface area contributed by atoms with Crippen molar-refractivity contribution in [1.29, 1.82) is 0 Å². The Kier molecular flexibility index (Phi) is 5.32. The number of hydrogen-bond donors (Lipinski definition) is 1. The Morgan fingerprint density at radius 3 is 2.67 bits per heavy atom. The summed E-state index contributed by atoms with van der Waals surface area (Å²) in [5, 5.41) is 3.29. The number of piperazine rings is 1. The highest BCUT2D eigenvalue weighted by Crippen LogP contribution is 2.27. The second kappa shape index (κ2) is 7.22. The third kappa shape index (κ3) is 4.77. The largest absolute Gasteiger partial charge is 0.339 e. The van der Waals surface area contributed by atoms with Crippen molar-refractivity contribution in [2.45, 2.75) is 19.4 Å². The van der Waals surface area contributed by atoms with Crippen molar-refractivity contribution in [3.8, 4) is 0 Å². The van der Waals surface area contributed by atoms with Gasteiger partial charge in [-0.25, -0.2) is 0 Å². The van der Waals surface area contributed by atoms with Gasteiger partial charge in [0, 0.05) is 37.6 Å². The molecule has 0 spiro atoms. The number of rotatable bonds is 6. The molecular formula is C15H22BrN3OS. The minimum Gasteiger partial charge on any atom is -0.339 e. The summed E-state index contributed by atoms with van der Waals surface area (Å²) in [4.78, 5) is 17.9. The van der Waals surface area contributed by atoms with E-state index in [-0.39, 0.29) is 5.91 Å². The monoisotopic (exact) mass is 371 g/mol. The summed E-state index contributed by atoms with van der Waals surface area (Å²) in [6.45, 7) is 6.19. The minimum absolute atomic E-state index is 0.258. The van der Waals surface area contributed by atoms with Crippen LogP contribution in [-0.4, -0.2) is 55.0 Å². The summed E-state index contributed by atoms with van der Waals surface area (Å²) in [6.07, 6.45) is 2.66. The molecule has 116 valence electrons. The van der Waals surface area contributed by atoms with Crippen LogP contribution in [0, 0.1) is 5.92 Å². The molecule has 1 aromatic heterocycles. The normalized spacial score (nSPS) is 20.0. The van der Waals surface area contributed by atoms with E-state index >= 15 is 0 Å². The molecule has 3 rings (SSSR count). The summed E-state index contributed by atoms with van der Waals surface area (Å²) in [5.41, 5.74) is 0. The average Bonchev–Trinajstić information content (AvgIpc) is 3.21. The van der Waals surface area contributed by atoms with Crippen LogP contribution in [0.4, 0.5) is 0 Å². The van der Waals surface area contributed by atoms with Gasteiger partial charge in [0.15, 0.2) is 0 Å².